The molecule has 2 aromatic carbocycles. The van der Waals surface area contributed by atoms with E-state index in [2.05, 4.69) is 85.8 Å². The maximum absolute atomic E-state index is 2.23. The molecule has 0 spiro atoms. The van der Waals surface area contributed by atoms with Crippen LogP contribution in [-0.4, -0.2) is 0 Å². The molecule has 0 bridgehead atoms. The maximum atomic E-state index is 2.23. The number of hydrogen-bond donors (Lipinski definition) is 0. The second-order valence-electron chi connectivity index (χ2n) is 4.53. The molecule has 0 unspecified atom stereocenters. The van der Waals surface area contributed by atoms with Crippen molar-refractivity contribution in [1.29, 1.82) is 0 Å². The fourth-order valence-electron chi connectivity index (χ4n) is 2.02. The molecule has 2 aromatic rings. The Kier molecular flexibility index (Phi) is 5.18. The summed E-state index contributed by atoms with van der Waals surface area (Å²) in [6.07, 6.45) is 8.93. The van der Waals surface area contributed by atoms with Gasteiger partial charge in [-0.2, -0.15) is 0 Å². The van der Waals surface area contributed by atoms with Crippen molar-refractivity contribution in [2.75, 3.05) is 0 Å². The van der Waals surface area contributed by atoms with Gasteiger partial charge in [0.15, 0.2) is 0 Å². The van der Waals surface area contributed by atoms with Crippen LogP contribution in [0.25, 0.3) is 5.57 Å². The van der Waals surface area contributed by atoms with E-state index >= 15 is 0 Å². The molecule has 0 atom stereocenters. The van der Waals surface area contributed by atoms with Gasteiger partial charge in [-0.3, -0.25) is 0 Å². The zero-order valence-corrected chi connectivity index (χ0v) is 11.4. The highest BCUT2D eigenvalue weighted by Crippen LogP contribution is 2.23. The molecule has 96 valence electrons. The molecule has 0 aliphatic carbocycles. The van der Waals surface area contributed by atoms with E-state index in [1.165, 1.54) is 23.1 Å². The van der Waals surface area contributed by atoms with Gasteiger partial charge in [0.1, 0.15) is 0 Å². The van der Waals surface area contributed by atoms with Crippen LogP contribution in [0.15, 0.2) is 78.9 Å². The molecule has 0 nitrogen and oxygen atoms in total. The summed E-state index contributed by atoms with van der Waals surface area (Å²) in [5.41, 5.74) is 3.79. The Labute approximate surface area is 116 Å². The van der Waals surface area contributed by atoms with Gasteiger partial charge in [-0.25, -0.2) is 0 Å². The summed E-state index contributed by atoms with van der Waals surface area (Å²) < 4.78 is 0. The lowest BCUT2D eigenvalue weighted by molar-refractivity contribution is 0.959. The molecule has 0 radical (unpaired) electrons. The third-order valence-corrected chi connectivity index (χ3v) is 3.02. The molecule has 0 amide bonds. The minimum Gasteiger partial charge on any atom is -0.0845 e. The van der Waals surface area contributed by atoms with Crippen LogP contribution < -0.4 is 0 Å². The highest BCUT2D eigenvalue weighted by molar-refractivity contribution is 5.80. The van der Waals surface area contributed by atoms with Crippen molar-refractivity contribution in [3.8, 4) is 0 Å². The quantitative estimate of drug-likeness (QED) is 0.615. The summed E-state index contributed by atoms with van der Waals surface area (Å²) in [4.78, 5) is 0. The number of allylic oxidation sites excluding steroid dienone is 3. The van der Waals surface area contributed by atoms with Gasteiger partial charge < -0.3 is 0 Å². The van der Waals surface area contributed by atoms with Crippen LogP contribution in [0, 0.1) is 0 Å². The molecular formula is C19H20. The molecule has 19 heavy (non-hydrogen) atoms. The van der Waals surface area contributed by atoms with Gasteiger partial charge in [0.2, 0.25) is 0 Å². The predicted molar refractivity (Wildman–Crippen MR) is 84.0 cm³/mol. The molecule has 0 aliphatic rings. The lowest BCUT2D eigenvalue weighted by Gasteiger charge is -2.07. The van der Waals surface area contributed by atoms with Crippen LogP contribution in [0.1, 0.15) is 30.9 Å². The summed E-state index contributed by atoms with van der Waals surface area (Å²) >= 11 is 0. The standard InChI is InChI=1S/C19H20/c1-2-3-4-11-16-19(17-12-7-5-8-13-17)18-14-9-6-10-15-18/h4-16H,2-3H2,1H3/b11-4+. The molecule has 0 fully saturated rings. The molecule has 0 heterocycles. The fraction of sp³-hybridized carbons (Fsp3) is 0.158. The zero-order valence-electron chi connectivity index (χ0n) is 11.4. The third-order valence-electron chi connectivity index (χ3n) is 3.02. The Balaban J connectivity index is 2.34. The number of unbranched alkanes of at least 4 members (excludes halogenated alkanes) is 1. The molecule has 0 aliphatic heterocycles. The van der Waals surface area contributed by atoms with Crippen molar-refractivity contribution in [1.82, 2.24) is 0 Å². The smallest absolute Gasteiger partial charge is 0.0112 e. The zero-order chi connectivity index (χ0) is 13.3. The lowest BCUT2D eigenvalue weighted by atomic mass is 9.97. The predicted octanol–water partition coefficient (Wildman–Crippen LogP) is 5.47. The fourth-order valence-corrected chi connectivity index (χ4v) is 2.02. The first-order chi connectivity index (χ1) is 9.42. The number of rotatable bonds is 5. The summed E-state index contributed by atoms with van der Waals surface area (Å²) in [5, 5.41) is 0. The van der Waals surface area contributed by atoms with Crippen molar-refractivity contribution < 1.29 is 0 Å². The van der Waals surface area contributed by atoms with E-state index in [9.17, 15) is 0 Å². The van der Waals surface area contributed by atoms with Gasteiger partial charge >= 0.3 is 0 Å². The summed E-state index contributed by atoms with van der Waals surface area (Å²) in [7, 11) is 0. The van der Waals surface area contributed by atoms with Gasteiger partial charge in [0.05, 0.1) is 0 Å². The molecule has 0 saturated carbocycles. The maximum Gasteiger partial charge on any atom is -0.0112 e. The van der Waals surface area contributed by atoms with Crippen LogP contribution in [0.4, 0.5) is 0 Å². The van der Waals surface area contributed by atoms with E-state index < -0.39 is 0 Å². The second-order valence-corrected chi connectivity index (χ2v) is 4.53. The largest absolute Gasteiger partial charge is 0.0845 e. The van der Waals surface area contributed by atoms with Crippen LogP contribution in [0.2, 0.25) is 0 Å². The van der Waals surface area contributed by atoms with E-state index in [4.69, 9.17) is 0 Å². The van der Waals surface area contributed by atoms with E-state index in [0.717, 1.165) is 6.42 Å². The average Bonchev–Trinajstić information content (AvgIpc) is 2.49. The van der Waals surface area contributed by atoms with E-state index in [1.54, 1.807) is 0 Å². The second kappa shape index (κ2) is 7.38. The molecule has 2 rings (SSSR count). The molecule has 0 heteroatoms. The normalized spacial score (nSPS) is 10.6. The topological polar surface area (TPSA) is 0 Å². The van der Waals surface area contributed by atoms with Crippen molar-refractivity contribution in [3.63, 3.8) is 0 Å². The highest BCUT2D eigenvalue weighted by Gasteiger charge is 2.02. The van der Waals surface area contributed by atoms with E-state index in [0.29, 0.717) is 0 Å². The van der Waals surface area contributed by atoms with E-state index in [1.807, 2.05) is 0 Å². The van der Waals surface area contributed by atoms with Gasteiger partial charge in [-0.1, -0.05) is 92.2 Å². The lowest BCUT2D eigenvalue weighted by Crippen LogP contribution is -1.86. The third kappa shape index (κ3) is 3.96. The van der Waals surface area contributed by atoms with Crippen molar-refractivity contribution in [2.24, 2.45) is 0 Å². The summed E-state index contributed by atoms with van der Waals surface area (Å²) in [6.45, 7) is 2.20. The minimum atomic E-state index is 1.13. The number of hydrogen-bond acceptors (Lipinski definition) is 0. The summed E-state index contributed by atoms with van der Waals surface area (Å²) in [5.74, 6) is 0. The highest BCUT2D eigenvalue weighted by atomic mass is 14.1. The summed E-state index contributed by atoms with van der Waals surface area (Å²) in [6, 6.07) is 21.1. The monoisotopic (exact) mass is 248 g/mol. The Bertz CT molecular complexity index is 491. The Morgan fingerprint density at radius 1 is 0.842 bits per heavy atom. The van der Waals surface area contributed by atoms with Gasteiger partial charge in [-0.15, -0.1) is 0 Å². The minimum absolute atomic E-state index is 1.13. The Morgan fingerprint density at radius 3 is 1.84 bits per heavy atom. The van der Waals surface area contributed by atoms with Gasteiger partial charge in [-0.05, 0) is 23.1 Å². The molecule has 0 N–H and O–H groups in total. The molecule has 0 saturated heterocycles. The van der Waals surface area contributed by atoms with Crippen LogP contribution in [-0.2, 0) is 0 Å². The van der Waals surface area contributed by atoms with Gasteiger partial charge in [0.25, 0.3) is 0 Å². The molecular weight excluding hydrogens is 228 g/mol. The Morgan fingerprint density at radius 2 is 1.37 bits per heavy atom. The Hall–Kier alpha value is -2.08. The molecule has 0 aromatic heterocycles. The first kappa shape index (κ1) is 13.4. The van der Waals surface area contributed by atoms with Crippen molar-refractivity contribution >= 4 is 5.57 Å². The van der Waals surface area contributed by atoms with Crippen molar-refractivity contribution in [2.45, 2.75) is 19.8 Å². The first-order valence-electron chi connectivity index (χ1n) is 6.89. The van der Waals surface area contributed by atoms with Crippen LogP contribution >= 0.6 is 0 Å². The van der Waals surface area contributed by atoms with Crippen molar-refractivity contribution in [3.05, 3.63) is 90.0 Å². The van der Waals surface area contributed by atoms with Crippen LogP contribution in [0.5, 0.6) is 0 Å². The van der Waals surface area contributed by atoms with Crippen LogP contribution in [0.3, 0.4) is 0 Å². The first-order valence-corrected chi connectivity index (χ1v) is 6.89. The van der Waals surface area contributed by atoms with Gasteiger partial charge in [0, 0.05) is 0 Å². The SMILES string of the molecule is CCC/C=C/C=C(c1ccccc1)c1ccccc1. The van der Waals surface area contributed by atoms with E-state index in [-0.39, 0.29) is 0 Å². The average molecular weight is 248 g/mol. The number of benzene rings is 2.